The zero-order chi connectivity index (χ0) is 46.2. The summed E-state index contributed by atoms with van der Waals surface area (Å²) in [6, 6.07) is 95.5. The summed E-state index contributed by atoms with van der Waals surface area (Å²) in [7, 11) is 0. The smallest absolute Gasteiger partial charge is 0.143 e. The van der Waals surface area contributed by atoms with Gasteiger partial charge in [0.1, 0.15) is 11.2 Å². The second-order valence-electron chi connectivity index (χ2n) is 18.4. The third-order valence-electron chi connectivity index (χ3n) is 14.6. The number of fused-ring (bicyclic) bond motifs is 9. The van der Waals surface area contributed by atoms with Crippen molar-refractivity contribution in [1.82, 2.24) is 0 Å². The van der Waals surface area contributed by atoms with Crippen LogP contribution in [0.15, 0.2) is 265 Å². The molecule has 2 nitrogen and oxygen atoms in total. The van der Waals surface area contributed by atoms with Gasteiger partial charge in [0.25, 0.3) is 0 Å². The number of rotatable bonds is 8. The lowest BCUT2D eigenvalue weighted by molar-refractivity contribution is 0.670. The monoisotopic (exact) mass is 909 g/mol. The van der Waals surface area contributed by atoms with Crippen molar-refractivity contribution < 1.29 is 4.42 Å². The van der Waals surface area contributed by atoms with Gasteiger partial charge in [0.05, 0.1) is 5.41 Å². The lowest BCUT2D eigenvalue weighted by Gasteiger charge is -2.34. The number of furan rings is 1. The molecular formula is C67H43NOS. The van der Waals surface area contributed by atoms with E-state index in [0.29, 0.717) is 0 Å². The summed E-state index contributed by atoms with van der Waals surface area (Å²) >= 11 is 1.86. The zero-order valence-corrected chi connectivity index (χ0v) is 38.9. The molecule has 3 heteroatoms. The van der Waals surface area contributed by atoms with Crippen molar-refractivity contribution in [3.05, 3.63) is 283 Å². The maximum absolute atomic E-state index is 6.51. The summed E-state index contributed by atoms with van der Waals surface area (Å²) < 4.78 is 9.15. The van der Waals surface area contributed by atoms with Crippen LogP contribution in [0.4, 0.5) is 17.1 Å². The van der Waals surface area contributed by atoms with Crippen LogP contribution >= 0.6 is 11.3 Å². The topological polar surface area (TPSA) is 16.4 Å². The molecule has 0 bridgehead atoms. The molecule has 0 amide bonds. The van der Waals surface area contributed by atoms with Gasteiger partial charge in [-0.15, -0.1) is 11.3 Å². The van der Waals surface area contributed by atoms with Gasteiger partial charge in [-0.1, -0.05) is 194 Å². The van der Waals surface area contributed by atoms with Gasteiger partial charge in [-0.25, -0.2) is 0 Å². The van der Waals surface area contributed by atoms with Crippen LogP contribution in [-0.4, -0.2) is 0 Å². The molecule has 0 saturated heterocycles. The predicted octanol–water partition coefficient (Wildman–Crippen LogP) is 18.8. The number of nitrogens with zero attached hydrogens (tertiary/aromatic N) is 1. The van der Waals surface area contributed by atoms with Crippen LogP contribution in [0.2, 0.25) is 0 Å². The fourth-order valence-corrected chi connectivity index (χ4v) is 12.5. The van der Waals surface area contributed by atoms with Gasteiger partial charge in [-0.05, 0) is 128 Å². The van der Waals surface area contributed by atoms with Crippen LogP contribution in [0.25, 0.3) is 86.6 Å². The number of hydrogen-bond donors (Lipinski definition) is 0. The van der Waals surface area contributed by atoms with Crippen LogP contribution in [0.3, 0.4) is 0 Å². The van der Waals surface area contributed by atoms with Gasteiger partial charge < -0.3 is 9.32 Å². The van der Waals surface area contributed by atoms with E-state index in [4.69, 9.17) is 4.42 Å². The number of anilines is 3. The van der Waals surface area contributed by atoms with E-state index in [1.807, 2.05) is 23.5 Å². The Balaban J connectivity index is 0.895. The molecule has 0 saturated carbocycles. The minimum atomic E-state index is -0.476. The molecule has 13 aromatic rings. The second kappa shape index (κ2) is 16.2. The zero-order valence-electron chi connectivity index (χ0n) is 38.1. The molecule has 0 unspecified atom stereocenters. The third-order valence-corrected chi connectivity index (χ3v) is 15.7. The number of hydrogen-bond acceptors (Lipinski definition) is 3. The number of para-hydroxylation sites is 2. The summed E-state index contributed by atoms with van der Waals surface area (Å²) in [6.07, 6.45) is 0. The molecule has 0 N–H and O–H groups in total. The van der Waals surface area contributed by atoms with E-state index in [1.165, 1.54) is 75.8 Å². The Labute approximate surface area is 410 Å². The van der Waals surface area contributed by atoms with Gasteiger partial charge in [-0.2, -0.15) is 0 Å². The van der Waals surface area contributed by atoms with Crippen LogP contribution in [0.5, 0.6) is 0 Å². The molecule has 0 radical (unpaired) electrons. The summed E-state index contributed by atoms with van der Waals surface area (Å²) in [5.41, 5.74) is 19.1. The Morgan fingerprint density at radius 2 is 0.857 bits per heavy atom. The average molecular weight is 910 g/mol. The molecule has 14 rings (SSSR count). The van der Waals surface area contributed by atoms with Crippen LogP contribution in [-0.2, 0) is 5.41 Å². The Bertz CT molecular complexity index is 4070. The van der Waals surface area contributed by atoms with E-state index in [2.05, 4.69) is 254 Å². The highest BCUT2D eigenvalue weighted by molar-refractivity contribution is 7.25. The predicted molar refractivity (Wildman–Crippen MR) is 295 cm³/mol. The van der Waals surface area contributed by atoms with Gasteiger partial charge in [0.2, 0.25) is 0 Å². The highest BCUT2D eigenvalue weighted by Gasteiger charge is 2.46. The fraction of sp³-hybridized carbons (Fsp3) is 0.0149. The Morgan fingerprint density at radius 1 is 0.314 bits per heavy atom. The van der Waals surface area contributed by atoms with Crippen molar-refractivity contribution in [1.29, 1.82) is 0 Å². The highest BCUT2D eigenvalue weighted by Crippen LogP contribution is 2.57. The van der Waals surface area contributed by atoms with Gasteiger partial charge in [0, 0.05) is 53.6 Å². The van der Waals surface area contributed by atoms with E-state index in [1.54, 1.807) is 0 Å². The summed E-state index contributed by atoms with van der Waals surface area (Å²) in [5, 5.41) is 4.89. The van der Waals surface area contributed by atoms with Crippen molar-refractivity contribution in [2.45, 2.75) is 5.41 Å². The molecule has 2 aromatic heterocycles. The van der Waals surface area contributed by atoms with Crippen molar-refractivity contribution in [3.63, 3.8) is 0 Å². The molecule has 70 heavy (non-hydrogen) atoms. The number of benzene rings is 11. The first-order chi connectivity index (χ1) is 34.7. The molecule has 2 heterocycles. The first kappa shape index (κ1) is 40.3. The van der Waals surface area contributed by atoms with Crippen molar-refractivity contribution in [2.75, 3.05) is 4.90 Å². The van der Waals surface area contributed by atoms with E-state index in [-0.39, 0.29) is 0 Å². The minimum absolute atomic E-state index is 0.476. The maximum atomic E-state index is 6.51. The minimum Gasteiger partial charge on any atom is -0.455 e. The molecule has 328 valence electrons. The van der Waals surface area contributed by atoms with Gasteiger partial charge >= 0.3 is 0 Å². The fourth-order valence-electron chi connectivity index (χ4n) is 11.4. The third kappa shape index (κ3) is 6.32. The van der Waals surface area contributed by atoms with Crippen LogP contribution in [0.1, 0.15) is 22.3 Å². The van der Waals surface area contributed by atoms with Crippen molar-refractivity contribution in [2.24, 2.45) is 0 Å². The quantitative estimate of drug-likeness (QED) is 0.151. The average Bonchev–Trinajstić information content (AvgIpc) is 4.10. The Kier molecular flexibility index (Phi) is 9.33. The van der Waals surface area contributed by atoms with E-state index >= 15 is 0 Å². The van der Waals surface area contributed by atoms with Crippen molar-refractivity contribution >= 4 is 70.5 Å². The molecular weight excluding hydrogens is 867 g/mol. The van der Waals surface area contributed by atoms with Gasteiger partial charge in [0.15, 0.2) is 0 Å². The standard InChI is InChI=1S/C67H43NOS/c1-3-17-49(18-4-1)67(50-19-5-2-6-20-50)61-26-10-7-21-55(61)59-43-53(38-39-62(59)67)68(52-36-31-45(32-37-52)54-24-14-25-58-56-22-8-11-27-63(56)69-66(54)58)51-34-29-44(30-35-51)46-15-13-16-47(41-46)48-33-40-65-60(42-48)57-23-9-12-28-64(57)70-65/h1-43H. The van der Waals surface area contributed by atoms with Gasteiger partial charge in [-0.3, -0.25) is 0 Å². The largest absolute Gasteiger partial charge is 0.455 e. The SMILES string of the molecule is c1ccc(C2(c3ccccc3)c3ccccc3-c3cc(N(c4ccc(-c5cccc(-c6ccc7sc8ccccc8c7c6)c5)cc4)c4ccc(-c5cccc6c5oc5ccccc56)cc4)ccc32)cc1. The van der Waals surface area contributed by atoms with Crippen molar-refractivity contribution in [3.8, 4) is 44.5 Å². The molecule has 0 spiro atoms. The molecule has 0 aliphatic heterocycles. The molecule has 1 aliphatic carbocycles. The highest BCUT2D eigenvalue weighted by atomic mass is 32.1. The molecule has 0 atom stereocenters. The second-order valence-corrected chi connectivity index (χ2v) is 19.4. The molecule has 1 aliphatic rings. The summed E-state index contributed by atoms with van der Waals surface area (Å²) in [6.45, 7) is 0. The Morgan fingerprint density at radius 3 is 1.63 bits per heavy atom. The normalized spacial score (nSPS) is 12.7. The van der Waals surface area contributed by atoms with Crippen LogP contribution < -0.4 is 4.90 Å². The lowest BCUT2D eigenvalue weighted by Crippen LogP contribution is -2.28. The molecule has 11 aromatic carbocycles. The lowest BCUT2D eigenvalue weighted by atomic mass is 9.68. The molecule has 0 fully saturated rings. The first-order valence-corrected chi connectivity index (χ1v) is 24.8. The Hall–Kier alpha value is -8.76. The summed E-state index contributed by atoms with van der Waals surface area (Å²) in [4.78, 5) is 2.40. The van der Waals surface area contributed by atoms with E-state index in [0.717, 1.165) is 50.1 Å². The summed E-state index contributed by atoms with van der Waals surface area (Å²) in [5.74, 6) is 0. The first-order valence-electron chi connectivity index (χ1n) is 24.0. The van der Waals surface area contributed by atoms with E-state index < -0.39 is 5.41 Å². The number of thiophene rings is 1. The van der Waals surface area contributed by atoms with E-state index in [9.17, 15) is 0 Å². The maximum Gasteiger partial charge on any atom is 0.143 e. The van der Waals surface area contributed by atoms with Crippen LogP contribution in [0, 0.1) is 0 Å².